The number of benzene rings is 2. The molecule has 0 unspecified atom stereocenters. The number of carbonyl (C=O) groups excluding carboxylic acids is 1. The number of carbonyl (C=O) groups is 1. The highest BCUT2D eigenvalue weighted by Gasteiger charge is 2.37. The van der Waals surface area contributed by atoms with Crippen LogP contribution < -0.4 is 4.74 Å². The number of methoxy groups -OCH3 is 1. The fourth-order valence-electron chi connectivity index (χ4n) is 1.78. The third kappa shape index (κ3) is 3.89. The van der Waals surface area contributed by atoms with E-state index < -0.39 is 27.8 Å². The fourth-order valence-corrected chi connectivity index (χ4v) is 2.40. The Kier molecular flexibility index (Phi) is 5.06. The van der Waals surface area contributed by atoms with Gasteiger partial charge in [-0.25, -0.2) is 4.79 Å². The summed E-state index contributed by atoms with van der Waals surface area (Å²) in [6, 6.07) is 7.92. The summed E-state index contributed by atoms with van der Waals surface area (Å²) in [7, 11) is 1.24. The van der Waals surface area contributed by atoms with Crippen LogP contribution in [-0.2, 0) is 10.9 Å². The molecule has 0 radical (unpaired) electrons. The van der Waals surface area contributed by atoms with Crippen LogP contribution in [0.4, 0.5) is 13.2 Å². The summed E-state index contributed by atoms with van der Waals surface area (Å²) in [4.78, 5) is 11.3. The molecule has 2 aromatic rings. The SMILES string of the molecule is COC(=O)c1ccc(Oc2ccc(Cl)c(C(F)(F)F)c2Cl)cc1. The molecule has 0 amide bonds. The van der Waals surface area contributed by atoms with Gasteiger partial charge in [0, 0.05) is 0 Å². The average Bonchev–Trinajstić information content (AvgIpc) is 2.49. The van der Waals surface area contributed by atoms with E-state index >= 15 is 0 Å². The monoisotopic (exact) mass is 364 g/mol. The largest absolute Gasteiger partial charge is 0.465 e. The first-order chi connectivity index (χ1) is 10.7. The molecule has 0 N–H and O–H groups in total. The zero-order chi connectivity index (χ0) is 17.2. The molecule has 0 spiro atoms. The van der Waals surface area contributed by atoms with Crippen molar-refractivity contribution in [3.63, 3.8) is 0 Å². The molecule has 122 valence electrons. The maximum atomic E-state index is 12.9. The maximum absolute atomic E-state index is 12.9. The van der Waals surface area contributed by atoms with Gasteiger partial charge < -0.3 is 9.47 Å². The summed E-state index contributed by atoms with van der Waals surface area (Å²) in [5.41, 5.74) is -0.887. The van der Waals surface area contributed by atoms with Gasteiger partial charge in [0.2, 0.25) is 0 Å². The summed E-state index contributed by atoms with van der Waals surface area (Å²) in [5, 5.41) is -1.15. The molecule has 0 aliphatic heterocycles. The third-order valence-corrected chi connectivity index (χ3v) is 3.53. The number of hydrogen-bond acceptors (Lipinski definition) is 3. The molecule has 2 rings (SSSR count). The van der Waals surface area contributed by atoms with Crippen LogP contribution in [0.5, 0.6) is 11.5 Å². The lowest BCUT2D eigenvalue weighted by atomic mass is 10.2. The quantitative estimate of drug-likeness (QED) is 0.665. The molecule has 0 fully saturated rings. The Bertz CT molecular complexity index is 728. The highest BCUT2D eigenvalue weighted by atomic mass is 35.5. The Morgan fingerprint density at radius 2 is 1.65 bits per heavy atom. The van der Waals surface area contributed by atoms with Gasteiger partial charge >= 0.3 is 12.1 Å². The Labute approximate surface area is 139 Å². The first kappa shape index (κ1) is 17.4. The van der Waals surface area contributed by atoms with Gasteiger partial charge in [0.25, 0.3) is 0 Å². The van der Waals surface area contributed by atoms with Crippen LogP contribution in [0.1, 0.15) is 15.9 Å². The third-order valence-electron chi connectivity index (χ3n) is 2.84. The molecule has 0 heterocycles. The average molecular weight is 365 g/mol. The van der Waals surface area contributed by atoms with E-state index in [1.807, 2.05) is 0 Å². The van der Waals surface area contributed by atoms with Gasteiger partial charge in [0.1, 0.15) is 11.5 Å². The van der Waals surface area contributed by atoms with Crippen molar-refractivity contribution in [3.8, 4) is 11.5 Å². The second-order valence-electron chi connectivity index (χ2n) is 4.35. The summed E-state index contributed by atoms with van der Waals surface area (Å²) in [6.07, 6.45) is -4.71. The van der Waals surface area contributed by atoms with Gasteiger partial charge in [-0.3, -0.25) is 0 Å². The van der Waals surface area contributed by atoms with E-state index in [4.69, 9.17) is 27.9 Å². The van der Waals surface area contributed by atoms with E-state index in [1.54, 1.807) is 0 Å². The number of halogens is 5. The van der Waals surface area contributed by atoms with Crippen molar-refractivity contribution in [2.75, 3.05) is 7.11 Å². The van der Waals surface area contributed by atoms with Gasteiger partial charge in [-0.15, -0.1) is 0 Å². The van der Waals surface area contributed by atoms with E-state index in [1.165, 1.54) is 37.4 Å². The zero-order valence-corrected chi connectivity index (χ0v) is 13.1. The lowest BCUT2D eigenvalue weighted by Crippen LogP contribution is -2.07. The molecular weight excluding hydrogens is 356 g/mol. The molecule has 0 bridgehead atoms. The van der Waals surface area contributed by atoms with Crippen LogP contribution in [0, 0.1) is 0 Å². The molecule has 0 aliphatic rings. The van der Waals surface area contributed by atoms with Gasteiger partial charge in [0.05, 0.1) is 28.3 Å². The molecule has 0 aromatic heterocycles. The standard InChI is InChI=1S/C15H9Cl2F3O3/c1-22-14(21)8-2-4-9(5-3-8)23-11-7-6-10(16)12(13(11)17)15(18,19)20/h2-7H,1H3. The van der Waals surface area contributed by atoms with Crippen molar-refractivity contribution in [2.24, 2.45) is 0 Å². The van der Waals surface area contributed by atoms with Gasteiger partial charge in [-0.1, -0.05) is 23.2 Å². The molecule has 8 heteroatoms. The van der Waals surface area contributed by atoms with E-state index in [2.05, 4.69) is 4.74 Å². The van der Waals surface area contributed by atoms with Crippen LogP contribution in [0.15, 0.2) is 36.4 Å². The summed E-state index contributed by atoms with van der Waals surface area (Å²) in [6.45, 7) is 0. The Morgan fingerprint density at radius 1 is 1.04 bits per heavy atom. The van der Waals surface area contributed by atoms with Gasteiger partial charge in [-0.05, 0) is 36.4 Å². The highest BCUT2D eigenvalue weighted by Crippen LogP contribution is 2.44. The van der Waals surface area contributed by atoms with Crippen LogP contribution >= 0.6 is 23.2 Å². The van der Waals surface area contributed by atoms with Crippen LogP contribution in [0.3, 0.4) is 0 Å². The lowest BCUT2D eigenvalue weighted by molar-refractivity contribution is -0.137. The molecule has 23 heavy (non-hydrogen) atoms. The number of alkyl halides is 3. The topological polar surface area (TPSA) is 35.5 Å². The Morgan fingerprint density at radius 3 is 2.17 bits per heavy atom. The number of esters is 1. The summed E-state index contributed by atoms with van der Waals surface area (Å²) in [5.74, 6) is -0.537. The second kappa shape index (κ2) is 6.68. The minimum Gasteiger partial charge on any atom is -0.465 e. The van der Waals surface area contributed by atoms with Crippen molar-refractivity contribution in [1.82, 2.24) is 0 Å². The normalized spacial score (nSPS) is 11.2. The summed E-state index contributed by atoms with van der Waals surface area (Å²) >= 11 is 11.3. The predicted molar refractivity (Wildman–Crippen MR) is 79.3 cm³/mol. The van der Waals surface area contributed by atoms with Crippen LogP contribution in [-0.4, -0.2) is 13.1 Å². The van der Waals surface area contributed by atoms with Crippen molar-refractivity contribution in [1.29, 1.82) is 0 Å². The van der Waals surface area contributed by atoms with Crippen molar-refractivity contribution in [3.05, 3.63) is 57.6 Å². The summed E-state index contributed by atoms with van der Waals surface area (Å²) < 4.78 is 48.7. The van der Waals surface area contributed by atoms with Crippen molar-refractivity contribution in [2.45, 2.75) is 6.18 Å². The van der Waals surface area contributed by atoms with Gasteiger partial charge in [-0.2, -0.15) is 13.2 Å². The number of rotatable bonds is 3. The minimum atomic E-state index is -4.71. The molecule has 0 saturated carbocycles. The van der Waals surface area contributed by atoms with E-state index in [0.717, 1.165) is 6.07 Å². The Hall–Kier alpha value is -1.92. The van der Waals surface area contributed by atoms with Crippen molar-refractivity contribution < 1.29 is 27.4 Å². The van der Waals surface area contributed by atoms with Crippen molar-refractivity contribution >= 4 is 29.2 Å². The molecule has 0 aliphatic carbocycles. The Balaban J connectivity index is 2.32. The molecule has 3 nitrogen and oxygen atoms in total. The van der Waals surface area contributed by atoms with Gasteiger partial charge in [0.15, 0.2) is 0 Å². The number of ether oxygens (including phenoxy) is 2. The first-order valence-corrected chi connectivity index (χ1v) is 6.91. The minimum absolute atomic E-state index is 0.200. The zero-order valence-electron chi connectivity index (χ0n) is 11.6. The molecule has 0 atom stereocenters. The predicted octanol–water partition coefficient (Wildman–Crippen LogP) is 5.59. The van der Waals surface area contributed by atoms with E-state index in [0.29, 0.717) is 0 Å². The first-order valence-electron chi connectivity index (χ1n) is 6.15. The molecule has 2 aromatic carbocycles. The second-order valence-corrected chi connectivity index (χ2v) is 5.14. The molecule has 0 saturated heterocycles. The smallest absolute Gasteiger partial charge is 0.419 e. The highest BCUT2D eigenvalue weighted by molar-refractivity contribution is 6.37. The molecular formula is C15H9Cl2F3O3. The van der Waals surface area contributed by atoms with E-state index in [-0.39, 0.29) is 17.1 Å². The lowest BCUT2D eigenvalue weighted by Gasteiger charge is -2.14. The van der Waals surface area contributed by atoms with Crippen LogP contribution in [0.2, 0.25) is 10.0 Å². The van der Waals surface area contributed by atoms with Crippen LogP contribution in [0.25, 0.3) is 0 Å². The number of hydrogen-bond donors (Lipinski definition) is 0. The van der Waals surface area contributed by atoms with E-state index in [9.17, 15) is 18.0 Å². The maximum Gasteiger partial charge on any atom is 0.419 e. The fraction of sp³-hybridized carbons (Fsp3) is 0.133.